The van der Waals surface area contributed by atoms with Crippen LogP contribution in [0, 0.1) is 0 Å². The molecule has 0 saturated carbocycles. The summed E-state index contributed by atoms with van der Waals surface area (Å²) in [7, 11) is 0. The van der Waals surface area contributed by atoms with Gasteiger partial charge in [0.25, 0.3) is 0 Å². The van der Waals surface area contributed by atoms with Crippen LogP contribution in [0.25, 0.3) is 0 Å². The molecule has 0 radical (unpaired) electrons. The Bertz CT molecular complexity index is 391. The number of allylic oxidation sites excluding steroid dienone is 1. The molecule has 1 aromatic heterocycles. The summed E-state index contributed by atoms with van der Waals surface area (Å²) < 4.78 is 2.03. The SMILES string of the molecule is C=C(C)CCC(NCC)c1ncc(Br)cc1Br. The van der Waals surface area contributed by atoms with Crippen LogP contribution in [-0.2, 0) is 0 Å². The molecule has 0 spiro atoms. The third-order valence-corrected chi connectivity index (χ3v) is 3.55. The predicted octanol–water partition coefficient (Wildman–Crippen LogP) is 4.61. The predicted molar refractivity (Wildman–Crippen MR) is 80.1 cm³/mol. The molecule has 17 heavy (non-hydrogen) atoms. The lowest BCUT2D eigenvalue weighted by Gasteiger charge is -2.18. The largest absolute Gasteiger partial charge is 0.309 e. The number of hydrogen-bond acceptors (Lipinski definition) is 2. The molecule has 1 rings (SSSR count). The van der Waals surface area contributed by atoms with E-state index in [1.54, 1.807) is 0 Å². The first-order chi connectivity index (χ1) is 8.04. The number of aromatic nitrogens is 1. The minimum atomic E-state index is 0.277. The quantitative estimate of drug-likeness (QED) is 0.748. The zero-order valence-electron chi connectivity index (χ0n) is 10.3. The van der Waals surface area contributed by atoms with Crippen molar-refractivity contribution in [2.45, 2.75) is 32.7 Å². The summed E-state index contributed by atoms with van der Waals surface area (Å²) in [6, 6.07) is 2.31. The van der Waals surface area contributed by atoms with Crippen molar-refractivity contribution in [2.75, 3.05) is 6.54 Å². The number of hydrogen-bond donors (Lipinski definition) is 1. The summed E-state index contributed by atoms with van der Waals surface area (Å²) in [4.78, 5) is 4.49. The average Bonchev–Trinajstić information content (AvgIpc) is 2.24. The summed E-state index contributed by atoms with van der Waals surface area (Å²) in [5.74, 6) is 0. The molecule has 0 saturated heterocycles. The zero-order chi connectivity index (χ0) is 12.8. The fraction of sp³-hybridized carbons (Fsp3) is 0.462. The smallest absolute Gasteiger partial charge is 0.0715 e. The molecule has 0 bridgehead atoms. The van der Waals surface area contributed by atoms with Crippen LogP contribution >= 0.6 is 31.9 Å². The van der Waals surface area contributed by atoms with E-state index in [2.05, 4.69) is 62.6 Å². The van der Waals surface area contributed by atoms with Crippen LogP contribution in [0.3, 0.4) is 0 Å². The van der Waals surface area contributed by atoms with E-state index in [9.17, 15) is 0 Å². The normalized spacial score (nSPS) is 12.5. The molecular weight excluding hydrogens is 344 g/mol. The Labute approximate surface area is 120 Å². The van der Waals surface area contributed by atoms with Crippen molar-refractivity contribution >= 4 is 31.9 Å². The number of nitrogens with one attached hydrogen (secondary N) is 1. The van der Waals surface area contributed by atoms with Crippen molar-refractivity contribution in [1.29, 1.82) is 0 Å². The van der Waals surface area contributed by atoms with Gasteiger partial charge in [0.15, 0.2) is 0 Å². The molecule has 0 fully saturated rings. The summed E-state index contributed by atoms with van der Waals surface area (Å²) in [5, 5.41) is 3.47. The Morgan fingerprint density at radius 3 is 2.76 bits per heavy atom. The molecule has 1 aromatic rings. The molecule has 1 heterocycles. The first kappa shape index (κ1) is 14.9. The Kier molecular flexibility index (Phi) is 6.38. The fourth-order valence-electron chi connectivity index (χ4n) is 1.65. The van der Waals surface area contributed by atoms with Gasteiger partial charge in [-0.1, -0.05) is 12.5 Å². The van der Waals surface area contributed by atoms with E-state index in [1.807, 2.05) is 12.3 Å². The maximum atomic E-state index is 4.49. The summed E-state index contributed by atoms with van der Waals surface area (Å²) >= 11 is 6.99. The van der Waals surface area contributed by atoms with Gasteiger partial charge in [-0.25, -0.2) is 0 Å². The monoisotopic (exact) mass is 360 g/mol. The van der Waals surface area contributed by atoms with Gasteiger partial charge in [0, 0.05) is 15.1 Å². The van der Waals surface area contributed by atoms with Crippen LogP contribution in [0.4, 0.5) is 0 Å². The van der Waals surface area contributed by atoms with Crippen molar-refractivity contribution in [3.8, 4) is 0 Å². The molecule has 4 heteroatoms. The van der Waals surface area contributed by atoms with Gasteiger partial charge in [0.05, 0.1) is 11.7 Å². The number of pyridine rings is 1. The van der Waals surface area contributed by atoms with Gasteiger partial charge >= 0.3 is 0 Å². The second-order valence-electron chi connectivity index (χ2n) is 4.13. The summed E-state index contributed by atoms with van der Waals surface area (Å²) in [6.45, 7) is 9.06. The minimum absolute atomic E-state index is 0.277. The lowest BCUT2D eigenvalue weighted by Crippen LogP contribution is -2.22. The van der Waals surface area contributed by atoms with Crippen LogP contribution in [0.1, 0.15) is 38.4 Å². The van der Waals surface area contributed by atoms with E-state index in [0.717, 1.165) is 34.0 Å². The highest BCUT2D eigenvalue weighted by molar-refractivity contribution is 9.11. The highest BCUT2D eigenvalue weighted by Crippen LogP contribution is 2.27. The van der Waals surface area contributed by atoms with Gasteiger partial charge in [0.1, 0.15) is 0 Å². The number of rotatable bonds is 6. The van der Waals surface area contributed by atoms with E-state index >= 15 is 0 Å². The fourth-order valence-corrected chi connectivity index (χ4v) is 2.92. The topological polar surface area (TPSA) is 24.9 Å². The lowest BCUT2D eigenvalue weighted by molar-refractivity contribution is 0.501. The van der Waals surface area contributed by atoms with Crippen LogP contribution < -0.4 is 5.32 Å². The molecule has 1 unspecified atom stereocenters. The van der Waals surface area contributed by atoms with Crippen LogP contribution in [0.15, 0.2) is 33.4 Å². The van der Waals surface area contributed by atoms with Gasteiger partial charge in [0.2, 0.25) is 0 Å². The molecule has 1 N–H and O–H groups in total. The third-order valence-electron chi connectivity index (χ3n) is 2.48. The van der Waals surface area contributed by atoms with Crippen LogP contribution in [0.5, 0.6) is 0 Å². The van der Waals surface area contributed by atoms with E-state index in [0.29, 0.717) is 0 Å². The summed E-state index contributed by atoms with van der Waals surface area (Å²) in [5.41, 5.74) is 2.28. The maximum Gasteiger partial charge on any atom is 0.0715 e. The average molecular weight is 362 g/mol. The molecule has 2 nitrogen and oxygen atoms in total. The first-order valence-corrected chi connectivity index (χ1v) is 7.32. The summed E-state index contributed by atoms with van der Waals surface area (Å²) in [6.07, 6.45) is 3.88. The molecule has 0 amide bonds. The lowest BCUT2D eigenvalue weighted by atomic mass is 10.0. The third kappa shape index (κ3) is 4.90. The molecular formula is C13H18Br2N2. The molecule has 94 valence electrons. The maximum absolute atomic E-state index is 4.49. The second-order valence-corrected chi connectivity index (χ2v) is 5.90. The molecule has 0 aromatic carbocycles. The van der Waals surface area contributed by atoms with E-state index in [4.69, 9.17) is 0 Å². The van der Waals surface area contributed by atoms with Gasteiger partial charge < -0.3 is 5.32 Å². The first-order valence-electron chi connectivity index (χ1n) is 5.73. The van der Waals surface area contributed by atoms with E-state index in [-0.39, 0.29) is 6.04 Å². The van der Waals surface area contributed by atoms with Crippen molar-refractivity contribution in [1.82, 2.24) is 10.3 Å². The van der Waals surface area contributed by atoms with Gasteiger partial charge in [-0.05, 0) is 64.2 Å². The number of halogens is 2. The highest BCUT2D eigenvalue weighted by atomic mass is 79.9. The molecule has 1 atom stereocenters. The Morgan fingerprint density at radius 2 is 2.24 bits per heavy atom. The minimum Gasteiger partial charge on any atom is -0.309 e. The van der Waals surface area contributed by atoms with Gasteiger partial charge in [-0.15, -0.1) is 6.58 Å². The van der Waals surface area contributed by atoms with Gasteiger partial charge in [-0.3, -0.25) is 4.98 Å². The Balaban J connectivity index is 2.84. The van der Waals surface area contributed by atoms with Crippen molar-refractivity contribution in [3.63, 3.8) is 0 Å². The molecule has 0 aliphatic carbocycles. The van der Waals surface area contributed by atoms with Crippen LogP contribution in [-0.4, -0.2) is 11.5 Å². The Hall–Kier alpha value is -0.190. The zero-order valence-corrected chi connectivity index (χ0v) is 13.4. The van der Waals surface area contributed by atoms with Crippen molar-refractivity contribution in [2.24, 2.45) is 0 Å². The van der Waals surface area contributed by atoms with Crippen molar-refractivity contribution in [3.05, 3.63) is 39.1 Å². The van der Waals surface area contributed by atoms with Gasteiger partial charge in [-0.2, -0.15) is 0 Å². The van der Waals surface area contributed by atoms with Crippen molar-refractivity contribution < 1.29 is 0 Å². The molecule has 0 aliphatic heterocycles. The molecule has 0 aliphatic rings. The van der Waals surface area contributed by atoms with E-state index < -0.39 is 0 Å². The second kappa shape index (κ2) is 7.29. The standard InChI is InChI=1S/C13H18Br2N2/c1-4-16-12(6-5-9(2)3)13-11(15)7-10(14)8-17-13/h7-8,12,16H,2,4-6H2,1,3H3. The van der Waals surface area contributed by atoms with E-state index in [1.165, 1.54) is 5.57 Å². The van der Waals surface area contributed by atoms with Crippen LogP contribution in [0.2, 0.25) is 0 Å². The Morgan fingerprint density at radius 1 is 1.53 bits per heavy atom. The number of nitrogens with zero attached hydrogens (tertiary/aromatic N) is 1. The highest BCUT2D eigenvalue weighted by Gasteiger charge is 2.15.